The van der Waals surface area contributed by atoms with E-state index in [4.69, 9.17) is 10.2 Å². The van der Waals surface area contributed by atoms with Gasteiger partial charge in [0.25, 0.3) is 0 Å². The Hall–Kier alpha value is -1.73. The highest BCUT2D eigenvalue weighted by atomic mass is 32.1. The fourth-order valence-corrected chi connectivity index (χ4v) is 3.35. The maximum Gasteiger partial charge on any atom is 0.229 e. The maximum absolute atomic E-state index is 12.2. The van der Waals surface area contributed by atoms with Crippen LogP contribution in [0.3, 0.4) is 0 Å². The van der Waals surface area contributed by atoms with Crippen LogP contribution in [0.2, 0.25) is 0 Å². The smallest absolute Gasteiger partial charge is 0.229 e. The molecule has 1 amide bonds. The molecular formula is C13H16N4O2S. The largest absolute Gasteiger partial charge is 0.462 e. The minimum Gasteiger partial charge on any atom is -0.462 e. The second kappa shape index (κ2) is 5.72. The first kappa shape index (κ1) is 13.3. The Morgan fingerprint density at radius 1 is 1.50 bits per heavy atom. The van der Waals surface area contributed by atoms with E-state index >= 15 is 0 Å². The van der Waals surface area contributed by atoms with E-state index in [2.05, 4.69) is 15.5 Å². The molecule has 0 unspecified atom stereocenters. The molecule has 0 bridgehead atoms. The lowest BCUT2D eigenvalue weighted by atomic mass is 9.95. The lowest BCUT2D eigenvalue weighted by molar-refractivity contribution is -0.120. The van der Waals surface area contributed by atoms with Crippen LogP contribution in [0.15, 0.2) is 22.8 Å². The van der Waals surface area contributed by atoms with Crippen molar-refractivity contribution in [1.29, 1.82) is 0 Å². The number of rotatable bonds is 4. The fraction of sp³-hybridized carbons (Fsp3) is 0.462. The zero-order valence-electron chi connectivity index (χ0n) is 10.9. The Labute approximate surface area is 120 Å². The summed E-state index contributed by atoms with van der Waals surface area (Å²) in [7, 11) is 0. The van der Waals surface area contributed by atoms with Gasteiger partial charge in [0.1, 0.15) is 0 Å². The lowest BCUT2D eigenvalue weighted by Gasteiger charge is -2.15. The van der Waals surface area contributed by atoms with Crippen LogP contribution >= 0.6 is 11.3 Å². The number of amides is 1. The molecule has 3 N–H and O–H groups in total. The molecule has 0 saturated heterocycles. The van der Waals surface area contributed by atoms with Crippen molar-refractivity contribution in [3.05, 3.63) is 18.4 Å². The number of nitrogens with two attached hydrogens (primary N) is 1. The van der Waals surface area contributed by atoms with Crippen LogP contribution in [-0.4, -0.2) is 22.6 Å². The molecule has 106 valence electrons. The van der Waals surface area contributed by atoms with Crippen LogP contribution in [0.4, 0.5) is 5.13 Å². The van der Waals surface area contributed by atoms with Gasteiger partial charge in [0.05, 0.1) is 6.26 Å². The Bertz CT molecular complexity index is 581. The fourth-order valence-electron chi connectivity index (χ4n) is 2.64. The van der Waals surface area contributed by atoms with E-state index in [1.165, 1.54) is 11.3 Å². The number of carbonyl (C=O) groups excluding carboxylic acids is 1. The van der Waals surface area contributed by atoms with Crippen LogP contribution in [-0.2, 0) is 4.79 Å². The lowest BCUT2D eigenvalue weighted by Crippen LogP contribution is -2.29. The molecule has 3 rings (SSSR count). The van der Waals surface area contributed by atoms with Gasteiger partial charge in [-0.3, -0.25) is 4.79 Å². The maximum atomic E-state index is 12.2. The summed E-state index contributed by atoms with van der Waals surface area (Å²) in [4.78, 5) is 12.2. The molecule has 1 aliphatic carbocycles. The second-order valence-corrected chi connectivity index (χ2v) is 5.89. The van der Waals surface area contributed by atoms with E-state index in [9.17, 15) is 4.79 Å². The number of hydrogen-bond donors (Lipinski definition) is 2. The number of anilines is 1. The third-order valence-corrected chi connectivity index (χ3v) is 4.54. The quantitative estimate of drug-likeness (QED) is 0.900. The Balaban J connectivity index is 1.67. The summed E-state index contributed by atoms with van der Waals surface area (Å²) in [6, 6.07) is 3.60. The summed E-state index contributed by atoms with van der Waals surface area (Å²) in [6.45, 7) is 0.561. The Morgan fingerprint density at radius 3 is 3.15 bits per heavy atom. The molecule has 2 aromatic rings. The molecule has 1 saturated carbocycles. The molecule has 2 aromatic heterocycles. The number of furan rings is 1. The molecule has 1 fully saturated rings. The number of aromatic nitrogens is 2. The van der Waals surface area contributed by atoms with Gasteiger partial charge in [-0.05, 0) is 37.4 Å². The second-order valence-electron chi connectivity index (χ2n) is 4.91. The van der Waals surface area contributed by atoms with Crippen molar-refractivity contribution in [3.63, 3.8) is 0 Å². The number of nitrogens with zero attached hydrogens (tertiary/aromatic N) is 2. The van der Waals surface area contributed by atoms with E-state index in [1.807, 2.05) is 6.07 Å². The van der Waals surface area contributed by atoms with Crippen molar-refractivity contribution in [2.45, 2.75) is 19.3 Å². The molecule has 2 atom stereocenters. The summed E-state index contributed by atoms with van der Waals surface area (Å²) in [5, 5.41) is 12.0. The standard InChI is InChI=1S/C13H16N4O2S/c14-7-8-3-1-4-9(8)11(18)15-13-17-16-12(20-13)10-5-2-6-19-10/h2,5-6,8-9H,1,3-4,7,14H2,(H,15,17,18)/t8-,9-/m1/s1. The topological polar surface area (TPSA) is 94.0 Å². The molecule has 0 aromatic carbocycles. The third-order valence-electron chi connectivity index (χ3n) is 3.69. The number of hydrogen-bond acceptors (Lipinski definition) is 6. The van der Waals surface area contributed by atoms with Gasteiger partial charge in [0.15, 0.2) is 10.8 Å². The average molecular weight is 292 g/mol. The van der Waals surface area contributed by atoms with Gasteiger partial charge in [0, 0.05) is 5.92 Å². The van der Waals surface area contributed by atoms with Crippen LogP contribution in [0.5, 0.6) is 0 Å². The van der Waals surface area contributed by atoms with Gasteiger partial charge in [0.2, 0.25) is 11.0 Å². The Kier molecular flexibility index (Phi) is 3.79. The summed E-state index contributed by atoms with van der Waals surface area (Å²) in [6.07, 6.45) is 4.58. The first-order valence-corrected chi connectivity index (χ1v) is 7.48. The first-order valence-electron chi connectivity index (χ1n) is 6.66. The van der Waals surface area contributed by atoms with E-state index in [0.29, 0.717) is 22.4 Å². The van der Waals surface area contributed by atoms with Crippen LogP contribution in [0.1, 0.15) is 19.3 Å². The monoisotopic (exact) mass is 292 g/mol. The summed E-state index contributed by atoms with van der Waals surface area (Å²) < 4.78 is 5.25. The highest BCUT2D eigenvalue weighted by Crippen LogP contribution is 2.33. The zero-order chi connectivity index (χ0) is 13.9. The minimum atomic E-state index is -0.00374. The van der Waals surface area contributed by atoms with Gasteiger partial charge < -0.3 is 15.5 Å². The SMILES string of the molecule is NC[C@H]1CCC[C@H]1C(=O)Nc1nnc(-c2ccco2)s1. The Morgan fingerprint density at radius 2 is 2.40 bits per heavy atom. The molecule has 0 aliphatic heterocycles. The normalized spacial score (nSPS) is 22.1. The summed E-state index contributed by atoms with van der Waals surface area (Å²) >= 11 is 1.31. The van der Waals surface area contributed by atoms with Crippen molar-refractivity contribution in [2.24, 2.45) is 17.6 Å². The van der Waals surface area contributed by atoms with Gasteiger partial charge in [-0.15, -0.1) is 10.2 Å². The predicted octanol–water partition coefficient (Wildman–Crippen LogP) is 2.11. The van der Waals surface area contributed by atoms with Crippen LogP contribution in [0, 0.1) is 11.8 Å². The van der Waals surface area contributed by atoms with Crippen molar-refractivity contribution >= 4 is 22.4 Å². The summed E-state index contributed by atoms with van der Waals surface area (Å²) in [5.41, 5.74) is 5.71. The van der Waals surface area contributed by atoms with E-state index < -0.39 is 0 Å². The van der Waals surface area contributed by atoms with E-state index in [1.54, 1.807) is 12.3 Å². The predicted molar refractivity (Wildman–Crippen MR) is 76.1 cm³/mol. The van der Waals surface area contributed by atoms with Crippen molar-refractivity contribution < 1.29 is 9.21 Å². The highest BCUT2D eigenvalue weighted by Gasteiger charge is 2.32. The van der Waals surface area contributed by atoms with Crippen molar-refractivity contribution in [3.8, 4) is 10.8 Å². The number of carbonyl (C=O) groups is 1. The molecule has 2 heterocycles. The molecule has 7 heteroatoms. The van der Waals surface area contributed by atoms with Gasteiger partial charge >= 0.3 is 0 Å². The van der Waals surface area contributed by atoms with Gasteiger partial charge in [-0.25, -0.2) is 0 Å². The zero-order valence-corrected chi connectivity index (χ0v) is 11.7. The van der Waals surface area contributed by atoms with Crippen LogP contribution < -0.4 is 11.1 Å². The highest BCUT2D eigenvalue weighted by molar-refractivity contribution is 7.18. The third kappa shape index (κ3) is 2.59. The molecule has 1 aliphatic rings. The molecule has 0 radical (unpaired) electrons. The van der Waals surface area contributed by atoms with Gasteiger partial charge in [-0.2, -0.15) is 0 Å². The van der Waals surface area contributed by atoms with Crippen molar-refractivity contribution in [1.82, 2.24) is 10.2 Å². The first-order chi connectivity index (χ1) is 9.78. The molecule has 20 heavy (non-hydrogen) atoms. The van der Waals surface area contributed by atoms with Gasteiger partial charge in [-0.1, -0.05) is 17.8 Å². The van der Waals surface area contributed by atoms with E-state index in [0.717, 1.165) is 19.3 Å². The minimum absolute atomic E-state index is 0.0000879. The van der Waals surface area contributed by atoms with Crippen LogP contribution in [0.25, 0.3) is 10.8 Å². The summed E-state index contributed by atoms with van der Waals surface area (Å²) in [5.74, 6) is 0.937. The molecule has 0 spiro atoms. The molecular weight excluding hydrogens is 276 g/mol. The number of nitrogens with one attached hydrogen (secondary N) is 1. The van der Waals surface area contributed by atoms with Crippen molar-refractivity contribution in [2.75, 3.05) is 11.9 Å². The average Bonchev–Trinajstić information content (AvgIpc) is 3.19. The molecule has 6 nitrogen and oxygen atoms in total. The van der Waals surface area contributed by atoms with E-state index in [-0.39, 0.29) is 17.7 Å².